The average molecular weight is 381 g/mol. The molecule has 1 saturated heterocycles. The van der Waals surface area contributed by atoms with E-state index < -0.39 is 27.9 Å². The van der Waals surface area contributed by atoms with Crippen LogP contribution in [0.3, 0.4) is 0 Å². The second-order valence-electron chi connectivity index (χ2n) is 6.05. The van der Waals surface area contributed by atoms with Crippen LogP contribution in [-0.2, 0) is 21.8 Å². The van der Waals surface area contributed by atoms with Gasteiger partial charge in [0.2, 0.25) is 10.0 Å². The summed E-state index contributed by atoms with van der Waals surface area (Å²) in [7, 11) is -1.06. The normalized spacial score (nSPS) is 18.7. The van der Waals surface area contributed by atoms with E-state index >= 15 is 0 Å². The average Bonchev–Trinajstić information content (AvgIpc) is 3.03. The van der Waals surface area contributed by atoms with Gasteiger partial charge in [0.1, 0.15) is 16.4 Å². The van der Waals surface area contributed by atoms with Crippen LogP contribution >= 0.6 is 0 Å². The van der Waals surface area contributed by atoms with Gasteiger partial charge in [0.05, 0.1) is 13.2 Å². The fourth-order valence-electron chi connectivity index (χ4n) is 3.09. The van der Waals surface area contributed by atoms with E-state index in [1.54, 1.807) is 19.2 Å². The molecule has 1 aliphatic heterocycles. The van der Waals surface area contributed by atoms with E-state index in [4.69, 9.17) is 0 Å². The Morgan fingerprint density at radius 3 is 2.81 bits per heavy atom. The minimum atomic E-state index is -3.87. The SMILES string of the molecule is COC(=O)c1cc(S(=O)(=O)N2CCNCC2c2cccc(F)c2)cn1C. The summed E-state index contributed by atoms with van der Waals surface area (Å²) in [6, 6.07) is 6.68. The van der Waals surface area contributed by atoms with Crippen LogP contribution in [0.2, 0.25) is 0 Å². The third-order valence-corrected chi connectivity index (χ3v) is 6.28. The first-order valence-electron chi connectivity index (χ1n) is 8.07. The quantitative estimate of drug-likeness (QED) is 0.807. The molecule has 1 N–H and O–H groups in total. The number of rotatable bonds is 4. The first-order chi connectivity index (χ1) is 12.3. The molecule has 7 nitrogen and oxygen atoms in total. The molecule has 1 fully saturated rings. The van der Waals surface area contributed by atoms with Crippen molar-refractivity contribution in [3.05, 3.63) is 53.6 Å². The fourth-order valence-corrected chi connectivity index (χ4v) is 4.78. The number of halogens is 1. The third kappa shape index (κ3) is 3.37. The Kier molecular flexibility index (Phi) is 5.12. The molecular weight excluding hydrogens is 361 g/mol. The zero-order valence-electron chi connectivity index (χ0n) is 14.5. The van der Waals surface area contributed by atoms with Crippen LogP contribution in [0, 0.1) is 5.82 Å². The largest absolute Gasteiger partial charge is 0.464 e. The second kappa shape index (κ2) is 7.18. The topological polar surface area (TPSA) is 80.6 Å². The van der Waals surface area contributed by atoms with Crippen molar-refractivity contribution in [1.82, 2.24) is 14.2 Å². The number of methoxy groups -OCH3 is 1. The highest BCUT2D eigenvalue weighted by Crippen LogP contribution is 2.30. The van der Waals surface area contributed by atoms with Crippen molar-refractivity contribution < 1.29 is 22.3 Å². The molecule has 0 saturated carbocycles. The van der Waals surface area contributed by atoms with E-state index in [1.165, 1.54) is 40.4 Å². The van der Waals surface area contributed by atoms with Crippen LogP contribution in [0.5, 0.6) is 0 Å². The summed E-state index contributed by atoms with van der Waals surface area (Å²) >= 11 is 0. The molecule has 2 heterocycles. The van der Waals surface area contributed by atoms with E-state index in [9.17, 15) is 17.6 Å². The lowest BCUT2D eigenvalue weighted by Crippen LogP contribution is -2.48. The second-order valence-corrected chi connectivity index (χ2v) is 7.94. The van der Waals surface area contributed by atoms with Gasteiger partial charge in [-0.1, -0.05) is 12.1 Å². The molecule has 0 bridgehead atoms. The van der Waals surface area contributed by atoms with Crippen molar-refractivity contribution >= 4 is 16.0 Å². The van der Waals surface area contributed by atoms with Gasteiger partial charge < -0.3 is 14.6 Å². The number of hydrogen-bond acceptors (Lipinski definition) is 5. The Labute approximate surface area is 151 Å². The zero-order chi connectivity index (χ0) is 18.9. The molecule has 1 aliphatic rings. The van der Waals surface area contributed by atoms with E-state index in [2.05, 4.69) is 10.1 Å². The number of nitrogens with one attached hydrogen (secondary N) is 1. The number of carbonyl (C=O) groups is 1. The molecule has 0 aliphatic carbocycles. The fraction of sp³-hybridized carbons (Fsp3) is 0.353. The Balaban J connectivity index is 2.00. The minimum Gasteiger partial charge on any atom is -0.464 e. The van der Waals surface area contributed by atoms with Gasteiger partial charge in [-0.15, -0.1) is 0 Å². The molecule has 2 aromatic rings. The van der Waals surface area contributed by atoms with Gasteiger partial charge in [-0.25, -0.2) is 17.6 Å². The number of carbonyl (C=O) groups excluding carboxylic acids is 1. The highest BCUT2D eigenvalue weighted by molar-refractivity contribution is 7.89. The van der Waals surface area contributed by atoms with Gasteiger partial charge in [0, 0.05) is 32.9 Å². The summed E-state index contributed by atoms with van der Waals surface area (Å²) < 4.78 is 47.4. The first-order valence-corrected chi connectivity index (χ1v) is 9.51. The molecule has 140 valence electrons. The summed E-state index contributed by atoms with van der Waals surface area (Å²) in [5.74, 6) is -1.03. The van der Waals surface area contributed by atoms with Gasteiger partial charge >= 0.3 is 5.97 Å². The Bertz CT molecular complexity index is 926. The highest BCUT2D eigenvalue weighted by atomic mass is 32.2. The number of aromatic nitrogens is 1. The number of nitrogens with zero attached hydrogens (tertiary/aromatic N) is 2. The summed E-state index contributed by atoms with van der Waals surface area (Å²) in [5, 5.41) is 3.14. The van der Waals surface area contributed by atoms with Crippen LogP contribution in [0.4, 0.5) is 4.39 Å². The van der Waals surface area contributed by atoms with Gasteiger partial charge in [-0.05, 0) is 23.8 Å². The van der Waals surface area contributed by atoms with Crippen molar-refractivity contribution in [2.45, 2.75) is 10.9 Å². The maximum absolute atomic E-state index is 13.6. The van der Waals surface area contributed by atoms with E-state index in [0.717, 1.165) is 0 Å². The maximum atomic E-state index is 13.6. The standard InChI is InChI=1S/C17H20FN3O4S/c1-20-11-14(9-15(20)17(22)25-2)26(23,24)21-7-6-19-10-16(21)12-4-3-5-13(18)8-12/h3-5,8-9,11,16,19H,6-7,10H2,1-2H3. The molecular formula is C17H20FN3O4S. The molecule has 26 heavy (non-hydrogen) atoms. The third-order valence-electron chi connectivity index (χ3n) is 4.41. The molecule has 0 spiro atoms. The van der Waals surface area contributed by atoms with Crippen LogP contribution in [0.15, 0.2) is 41.4 Å². The number of benzene rings is 1. The Hall–Kier alpha value is -2.23. The molecule has 1 aromatic heterocycles. The maximum Gasteiger partial charge on any atom is 0.354 e. The molecule has 3 rings (SSSR count). The molecule has 0 amide bonds. The molecule has 1 aromatic carbocycles. The molecule has 1 atom stereocenters. The van der Waals surface area contributed by atoms with Gasteiger partial charge in [-0.3, -0.25) is 0 Å². The van der Waals surface area contributed by atoms with Crippen molar-refractivity contribution in [3.8, 4) is 0 Å². The lowest BCUT2D eigenvalue weighted by molar-refractivity contribution is 0.0590. The van der Waals surface area contributed by atoms with E-state index in [-0.39, 0.29) is 17.1 Å². The van der Waals surface area contributed by atoms with E-state index in [1.807, 2.05) is 0 Å². The predicted octanol–water partition coefficient (Wildman–Crippen LogP) is 1.29. The number of piperazine rings is 1. The number of ether oxygens (including phenoxy) is 1. The monoisotopic (exact) mass is 381 g/mol. The van der Waals surface area contributed by atoms with Crippen LogP contribution < -0.4 is 5.32 Å². The van der Waals surface area contributed by atoms with Gasteiger partial charge in [0.25, 0.3) is 0 Å². The molecule has 0 radical (unpaired) electrons. The zero-order valence-corrected chi connectivity index (χ0v) is 15.3. The highest BCUT2D eigenvalue weighted by Gasteiger charge is 2.35. The smallest absolute Gasteiger partial charge is 0.354 e. The van der Waals surface area contributed by atoms with Crippen molar-refractivity contribution in [3.63, 3.8) is 0 Å². The number of esters is 1. The van der Waals surface area contributed by atoms with Crippen molar-refractivity contribution in [1.29, 1.82) is 0 Å². The minimum absolute atomic E-state index is 0.00343. The summed E-state index contributed by atoms with van der Waals surface area (Å²) in [6.45, 7) is 1.10. The van der Waals surface area contributed by atoms with Gasteiger partial charge in [0.15, 0.2) is 0 Å². The van der Waals surface area contributed by atoms with Crippen molar-refractivity contribution in [2.75, 3.05) is 26.7 Å². The van der Waals surface area contributed by atoms with Crippen LogP contribution in [0.25, 0.3) is 0 Å². The number of sulfonamides is 1. The summed E-state index contributed by atoms with van der Waals surface area (Å²) in [4.78, 5) is 11.8. The molecule has 1 unspecified atom stereocenters. The Morgan fingerprint density at radius 2 is 2.12 bits per heavy atom. The van der Waals surface area contributed by atoms with Crippen molar-refractivity contribution in [2.24, 2.45) is 7.05 Å². The predicted molar refractivity (Wildman–Crippen MR) is 92.7 cm³/mol. The van der Waals surface area contributed by atoms with Crippen LogP contribution in [0.1, 0.15) is 22.1 Å². The molecule has 9 heteroatoms. The van der Waals surface area contributed by atoms with E-state index in [0.29, 0.717) is 18.7 Å². The van der Waals surface area contributed by atoms with Gasteiger partial charge in [-0.2, -0.15) is 4.31 Å². The lowest BCUT2D eigenvalue weighted by Gasteiger charge is -2.35. The number of hydrogen-bond donors (Lipinski definition) is 1. The summed E-state index contributed by atoms with van der Waals surface area (Å²) in [6.07, 6.45) is 1.38. The first kappa shape index (κ1) is 18.6. The van der Waals surface area contributed by atoms with Crippen LogP contribution in [-0.4, -0.2) is 50.0 Å². The summed E-state index contributed by atoms with van der Waals surface area (Å²) in [5.41, 5.74) is 0.716. The number of aryl methyl sites for hydroxylation is 1. The Morgan fingerprint density at radius 1 is 1.35 bits per heavy atom. The lowest BCUT2D eigenvalue weighted by atomic mass is 10.1.